The van der Waals surface area contributed by atoms with E-state index >= 15 is 0 Å². The molecule has 0 bridgehead atoms. The Morgan fingerprint density at radius 1 is 1.37 bits per heavy atom. The number of hydrogen-bond acceptors (Lipinski definition) is 6. The summed E-state index contributed by atoms with van der Waals surface area (Å²) in [4.78, 5) is 25.8. The first-order chi connectivity index (χ1) is 12.5. The summed E-state index contributed by atoms with van der Waals surface area (Å²) >= 11 is 0. The molecular weight excluding hydrogens is 368 g/mol. The zero-order valence-corrected chi connectivity index (χ0v) is 17.6. The van der Waals surface area contributed by atoms with E-state index in [0.717, 1.165) is 0 Å². The fraction of sp³-hybridized carbons (Fsp3) is 0.667. The zero-order chi connectivity index (χ0) is 20.4. The second kappa shape index (κ2) is 8.23. The summed E-state index contributed by atoms with van der Waals surface area (Å²) in [6.07, 6.45) is 0.276. The van der Waals surface area contributed by atoms with Crippen molar-refractivity contribution in [3.8, 4) is 0 Å². The van der Waals surface area contributed by atoms with Gasteiger partial charge in [-0.1, -0.05) is 26.8 Å². The summed E-state index contributed by atoms with van der Waals surface area (Å²) in [6.45, 7) is 14.2. The number of nitrogens with one attached hydrogen (secondary N) is 1. The van der Waals surface area contributed by atoms with Crippen LogP contribution in [0, 0.1) is 0 Å². The largest absolute Gasteiger partial charge is 0.408 e. The highest BCUT2D eigenvalue weighted by molar-refractivity contribution is 6.74. The van der Waals surface area contributed by atoms with E-state index < -0.39 is 44.1 Å². The minimum atomic E-state index is -2.20. The van der Waals surface area contributed by atoms with Crippen LogP contribution in [0.4, 0.5) is 0 Å². The molecule has 1 aliphatic rings. The van der Waals surface area contributed by atoms with Gasteiger partial charge in [0.1, 0.15) is 18.3 Å². The molecule has 0 amide bonds. The lowest BCUT2D eigenvalue weighted by Crippen LogP contribution is -2.50. The van der Waals surface area contributed by atoms with E-state index in [1.165, 1.54) is 16.8 Å². The van der Waals surface area contributed by atoms with E-state index in [1.54, 1.807) is 6.08 Å². The Morgan fingerprint density at radius 2 is 2.04 bits per heavy atom. The van der Waals surface area contributed by atoms with Gasteiger partial charge in [0.25, 0.3) is 5.56 Å². The van der Waals surface area contributed by atoms with Crippen molar-refractivity contribution in [1.29, 1.82) is 0 Å². The number of aliphatic hydroxyl groups excluding tert-OH is 1. The van der Waals surface area contributed by atoms with Gasteiger partial charge in [-0.15, -0.1) is 6.58 Å². The molecule has 0 saturated carbocycles. The third kappa shape index (κ3) is 4.67. The second-order valence-electron chi connectivity index (χ2n) is 8.19. The Balaban J connectivity index is 2.43. The highest BCUT2D eigenvalue weighted by Gasteiger charge is 2.51. The maximum Gasteiger partial charge on any atom is 0.330 e. The smallest absolute Gasteiger partial charge is 0.330 e. The number of aliphatic hydroxyl groups is 1. The molecule has 0 spiro atoms. The number of H-pyrrole nitrogens is 1. The monoisotopic (exact) mass is 398 g/mol. The molecule has 1 aliphatic heterocycles. The summed E-state index contributed by atoms with van der Waals surface area (Å²) in [5.74, 6) is 0. The summed E-state index contributed by atoms with van der Waals surface area (Å²) in [5.41, 5.74) is -1.10. The summed E-state index contributed by atoms with van der Waals surface area (Å²) in [7, 11) is -2.20. The molecule has 4 atom stereocenters. The Kier molecular flexibility index (Phi) is 6.64. The zero-order valence-electron chi connectivity index (χ0n) is 16.6. The van der Waals surface area contributed by atoms with Crippen molar-refractivity contribution < 1.29 is 19.0 Å². The van der Waals surface area contributed by atoms with Crippen molar-refractivity contribution >= 4 is 8.32 Å². The highest BCUT2D eigenvalue weighted by Crippen LogP contribution is 2.41. The SMILES string of the molecule is C=CCO[C@@H]1[C@H](O[Si](C)(C)C(C)(C)C)[C@@H](CO)O[C@H]1n1ccc(=O)[nH]c1=O. The van der Waals surface area contributed by atoms with E-state index in [1.807, 2.05) is 0 Å². The van der Waals surface area contributed by atoms with Crippen molar-refractivity contribution in [3.63, 3.8) is 0 Å². The molecule has 9 heteroatoms. The van der Waals surface area contributed by atoms with Gasteiger partial charge < -0.3 is 19.0 Å². The predicted molar refractivity (Wildman–Crippen MR) is 104 cm³/mol. The van der Waals surface area contributed by atoms with Crippen molar-refractivity contribution in [2.45, 2.75) is 63.4 Å². The van der Waals surface area contributed by atoms with E-state index in [2.05, 4.69) is 45.4 Å². The first-order valence-electron chi connectivity index (χ1n) is 9.00. The second-order valence-corrected chi connectivity index (χ2v) is 13.0. The van der Waals surface area contributed by atoms with Crippen molar-refractivity contribution in [1.82, 2.24) is 9.55 Å². The molecule has 0 aliphatic carbocycles. The van der Waals surface area contributed by atoms with Crippen molar-refractivity contribution in [3.05, 3.63) is 45.8 Å². The van der Waals surface area contributed by atoms with Crippen LogP contribution in [0.15, 0.2) is 34.5 Å². The van der Waals surface area contributed by atoms with Gasteiger partial charge in [0, 0.05) is 12.3 Å². The van der Waals surface area contributed by atoms with E-state index in [4.69, 9.17) is 13.9 Å². The minimum absolute atomic E-state index is 0.0527. The Labute approximate surface area is 159 Å². The minimum Gasteiger partial charge on any atom is -0.408 e. The van der Waals surface area contributed by atoms with Gasteiger partial charge in [0.15, 0.2) is 14.5 Å². The van der Waals surface area contributed by atoms with E-state index in [-0.39, 0.29) is 18.3 Å². The van der Waals surface area contributed by atoms with Gasteiger partial charge in [-0.05, 0) is 18.1 Å². The quantitative estimate of drug-likeness (QED) is 0.531. The Hall–Kier alpha value is -1.52. The van der Waals surface area contributed by atoms with Crippen LogP contribution in [0.2, 0.25) is 18.1 Å². The van der Waals surface area contributed by atoms with Crippen LogP contribution >= 0.6 is 0 Å². The molecule has 0 radical (unpaired) electrons. The molecule has 1 fully saturated rings. The first-order valence-corrected chi connectivity index (χ1v) is 11.9. The molecule has 8 nitrogen and oxygen atoms in total. The number of aromatic amines is 1. The number of aromatic nitrogens is 2. The van der Waals surface area contributed by atoms with Gasteiger partial charge in [-0.3, -0.25) is 14.3 Å². The summed E-state index contributed by atoms with van der Waals surface area (Å²) < 4.78 is 19.6. The first kappa shape index (κ1) is 21.8. The average molecular weight is 399 g/mol. The van der Waals surface area contributed by atoms with Crippen LogP contribution in [0.5, 0.6) is 0 Å². The third-order valence-electron chi connectivity index (χ3n) is 5.23. The predicted octanol–water partition coefficient (Wildman–Crippen LogP) is 1.39. The lowest BCUT2D eigenvalue weighted by Gasteiger charge is -2.40. The standard InChI is InChI=1S/C18H30N2O6Si/c1-7-10-24-15-14(26-27(5,6)18(2,3)4)12(11-21)25-16(15)20-9-8-13(22)19-17(20)23/h7-9,12,14-16,21H,1,10-11H2,2-6H3,(H,19,22,23)/t12-,14-,15-,16-/m1/s1. The maximum absolute atomic E-state index is 12.2. The lowest BCUT2D eigenvalue weighted by molar-refractivity contribution is -0.0685. The van der Waals surface area contributed by atoms with Gasteiger partial charge in [-0.25, -0.2) is 4.79 Å². The molecule has 0 unspecified atom stereocenters. The van der Waals surface area contributed by atoms with Crippen molar-refractivity contribution in [2.75, 3.05) is 13.2 Å². The molecular formula is C18H30N2O6Si. The fourth-order valence-corrected chi connectivity index (χ4v) is 4.04. The number of nitrogens with zero attached hydrogens (tertiary/aromatic N) is 1. The van der Waals surface area contributed by atoms with Crippen LogP contribution in [-0.4, -0.2) is 54.5 Å². The third-order valence-corrected chi connectivity index (χ3v) is 9.71. The maximum atomic E-state index is 12.2. The Morgan fingerprint density at radius 3 is 2.56 bits per heavy atom. The van der Waals surface area contributed by atoms with Crippen LogP contribution in [0.3, 0.4) is 0 Å². The molecule has 1 aromatic heterocycles. The van der Waals surface area contributed by atoms with Gasteiger partial charge in [-0.2, -0.15) is 0 Å². The summed E-state index contributed by atoms with van der Waals surface area (Å²) in [5, 5.41) is 9.79. The molecule has 1 saturated heterocycles. The van der Waals surface area contributed by atoms with Crippen LogP contribution in [-0.2, 0) is 13.9 Å². The number of hydrogen-bond donors (Lipinski definition) is 2. The molecule has 2 N–H and O–H groups in total. The highest BCUT2D eigenvalue weighted by atomic mass is 28.4. The van der Waals surface area contributed by atoms with E-state index in [9.17, 15) is 14.7 Å². The van der Waals surface area contributed by atoms with Gasteiger partial charge in [0.2, 0.25) is 0 Å². The van der Waals surface area contributed by atoms with Gasteiger partial charge >= 0.3 is 5.69 Å². The van der Waals surface area contributed by atoms with E-state index in [0.29, 0.717) is 0 Å². The normalized spacial score (nSPS) is 26.3. The molecule has 2 heterocycles. The fourth-order valence-electron chi connectivity index (χ4n) is 2.72. The molecule has 27 heavy (non-hydrogen) atoms. The van der Waals surface area contributed by atoms with Crippen molar-refractivity contribution in [2.24, 2.45) is 0 Å². The van der Waals surface area contributed by atoms with Gasteiger partial charge in [0.05, 0.1) is 13.2 Å². The average Bonchev–Trinajstić information content (AvgIpc) is 2.88. The van der Waals surface area contributed by atoms with Crippen LogP contribution in [0.1, 0.15) is 27.0 Å². The van der Waals surface area contributed by atoms with Crippen LogP contribution in [0.25, 0.3) is 0 Å². The molecule has 0 aromatic carbocycles. The molecule has 1 aromatic rings. The topological polar surface area (TPSA) is 103 Å². The summed E-state index contributed by atoms with van der Waals surface area (Å²) in [6, 6.07) is 1.24. The molecule has 2 rings (SSSR count). The van der Waals surface area contributed by atoms with Crippen LogP contribution < -0.4 is 11.2 Å². The molecule has 152 valence electrons. The lowest BCUT2D eigenvalue weighted by atomic mass is 10.1. The Bertz CT molecular complexity index is 766. The number of ether oxygens (including phenoxy) is 2. The number of rotatable bonds is 7.